The average Bonchev–Trinajstić information content (AvgIpc) is 3.05. The van der Waals surface area contributed by atoms with E-state index in [1.54, 1.807) is 6.20 Å². The van der Waals surface area contributed by atoms with Crippen LogP contribution in [0.4, 0.5) is 0 Å². The van der Waals surface area contributed by atoms with Crippen LogP contribution in [-0.2, 0) is 6.42 Å². The normalized spacial score (nSPS) is 14.9. The molecule has 2 aromatic rings. The van der Waals surface area contributed by atoms with Gasteiger partial charge in [-0.15, -0.1) is 11.3 Å². The molecule has 0 fully saturated rings. The van der Waals surface area contributed by atoms with Gasteiger partial charge in [0.2, 0.25) is 0 Å². The van der Waals surface area contributed by atoms with Crippen LogP contribution in [-0.4, -0.2) is 29.6 Å². The van der Waals surface area contributed by atoms with Crippen LogP contribution < -0.4 is 14.8 Å². The summed E-state index contributed by atoms with van der Waals surface area (Å²) < 4.78 is 11.7. The molecule has 1 aliphatic heterocycles. The molecule has 0 saturated heterocycles. The van der Waals surface area contributed by atoms with E-state index in [1.165, 1.54) is 11.3 Å². The van der Waals surface area contributed by atoms with E-state index >= 15 is 0 Å². The lowest BCUT2D eigenvalue weighted by atomic mass is 10.0. The van der Waals surface area contributed by atoms with E-state index in [-0.39, 0.29) is 11.5 Å². The molecule has 0 atom stereocenters. The molecule has 0 unspecified atom stereocenters. The van der Waals surface area contributed by atoms with Gasteiger partial charge in [0, 0.05) is 12.0 Å². The number of amides is 1. The first-order chi connectivity index (χ1) is 10.9. The second-order valence-corrected chi connectivity index (χ2v) is 7.37. The van der Waals surface area contributed by atoms with Crippen LogP contribution in [0.3, 0.4) is 0 Å². The third kappa shape index (κ3) is 3.64. The van der Waals surface area contributed by atoms with Crippen molar-refractivity contribution in [3.05, 3.63) is 39.8 Å². The standard InChI is InChI=1S/C17H20N2O3S/c1-11-19-10-14(23-11)16(20)18-7-8-21-13-6-4-5-12-9-17(2,3)22-15(12)13/h4-6,10H,7-9H2,1-3H3,(H,18,20). The van der Waals surface area contributed by atoms with Gasteiger partial charge >= 0.3 is 0 Å². The number of para-hydroxylation sites is 1. The van der Waals surface area contributed by atoms with Gasteiger partial charge < -0.3 is 14.8 Å². The third-order valence-electron chi connectivity index (χ3n) is 3.55. The van der Waals surface area contributed by atoms with Gasteiger partial charge in [0.25, 0.3) is 5.91 Å². The first-order valence-electron chi connectivity index (χ1n) is 7.59. The maximum atomic E-state index is 11.9. The van der Waals surface area contributed by atoms with Crippen LogP contribution in [0.2, 0.25) is 0 Å². The van der Waals surface area contributed by atoms with Crippen molar-refractivity contribution in [3.8, 4) is 11.5 Å². The van der Waals surface area contributed by atoms with Crippen molar-refractivity contribution in [1.29, 1.82) is 0 Å². The number of rotatable bonds is 5. The van der Waals surface area contributed by atoms with Gasteiger partial charge in [0.05, 0.1) is 17.7 Å². The monoisotopic (exact) mass is 332 g/mol. The zero-order valence-corrected chi connectivity index (χ0v) is 14.3. The molecule has 2 heterocycles. The van der Waals surface area contributed by atoms with E-state index < -0.39 is 0 Å². The molecule has 1 aromatic carbocycles. The van der Waals surface area contributed by atoms with Crippen molar-refractivity contribution < 1.29 is 14.3 Å². The van der Waals surface area contributed by atoms with Crippen LogP contribution >= 0.6 is 11.3 Å². The molecule has 1 aliphatic rings. The van der Waals surface area contributed by atoms with Crippen LogP contribution in [0.15, 0.2) is 24.4 Å². The number of fused-ring (bicyclic) bond motifs is 1. The van der Waals surface area contributed by atoms with Crippen molar-refractivity contribution in [2.45, 2.75) is 32.8 Å². The number of nitrogens with zero attached hydrogens (tertiary/aromatic N) is 1. The Morgan fingerprint density at radius 1 is 1.48 bits per heavy atom. The molecule has 0 bridgehead atoms. The number of hydrogen-bond acceptors (Lipinski definition) is 5. The second-order valence-electron chi connectivity index (χ2n) is 6.13. The minimum atomic E-state index is -0.194. The Morgan fingerprint density at radius 3 is 3.04 bits per heavy atom. The van der Waals surface area contributed by atoms with Gasteiger partial charge in [-0.1, -0.05) is 12.1 Å². The Kier molecular flexibility index (Phi) is 4.26. The van der Waals surface area contributed by atoms with E-state index in [2.05, 4.69) is 30.2 Å². The molecule has 5 nitrogen and oxygen atoms in total. The first-order valence-corrected chi connectivity index (χ1v) is 8.41. The fourth-order valence-corrected chi connectivity index (χ4v) is 3.27. The Labute approximate surface area is 139 Å². The first kappa shape index (κ1) is 15.8. The molecule has 122 valence electrons. The van der Waals surface area contributed by atoms with Crippen molar-refractivity contribution in [3.63, 3.8) is 0 Å². The van der Waals surface area contributed by atoms with Gasteiger partial charge in [-0.25, -0.2) is 4.98 Å². The van der Waals surface area contributed by atoms with Crippen LogP contribution in [0.1, 0.15) is 34.1 Å². The lowest BCUT2D eigenvalue weighted by Gasteiger charge is -2.18. The highest BCUT2D eigenvalue weighted by molar-refractivity contribution is 7.13. The van der Waals surface area contributed by atoms with Crippen molar-refractivity contribution in [2.75, 3.05) is 13.2 Å². The summed E-state index contributed by atoms with van der Waals surface area (Å²) in [6.45, 7) is 6.83. The summed E-state index contributed by atoms with van der Waals surface area (Å²) in [7, 11) is 0. The molecule has 0 saturated carbocycles. The topological polar surface area (TPSA) is 60.5 Å². The number of carbonyl (C=O) groups is 1. The molecular formula is C17H20N2O3S. The Balaban J connectivity index is 1.52. The minimum Gasteiger partial charge on any atom is -0.488 e. The number of benzene rings is 1. The number of aryl methyl sites for hydroxylation is 1. The highest BCUT2D eigenvalue weighted by Crippen LogP contribution is 2.41. The molecule has 1 N–H and O–H groups in total. The SMILES string of the molecule is Cc1ncc(C(=O)NCCOc2cccc3c2OC(C)(C)C3)s1. The highest BCUT2D eigenvalue weighted by atomic mass is 32.1. The fraction of sp³-hybridized carbons (Fsp3) is 0.412. The van der Waals surface area contributed by atoms with E-state index in [1.807, 2.05) is 19.1 Å². The predicted octanol–water partition coefficient (Wildman–Crippen LogP) is 2.97. The third-order valence-corrected chi connectivity index (χ3v) is 4.46. The summed E-state index contributed by atoms with van der Waals surface area (Å²) in [5.41, 5.74) is 0.969. The van der Waals surface area contributed by atoms with Crippen molar-refractivity contribution >= 4 is 17.2 Å². The smallest absolute Gasteiger partial charge is 0.263 e. The van der Waals surface area contributed by atoms with E-state index in [0.717, 1.165) is 28.5 Å². The number of hydrogen-bond donors (Lipinski definition) is 1. The maximum Gasteiger partial charge on any atom is 0.263 e. The average molecular weight is 332 g/mol. The van der Waals surface area contributed by atoms with E-state index in [4.69, 9.17) is 9.47 Å². The van der Waals surface area contributed by atoms with E-state index in [9.17, 15) is 4.79 Å². The van der Waals surface area contributed by atoms with Gasteiger partial charge in [-0.3, -0.25) is 4.79 Å². The number of carbonyl (C=O) groups excluding carboxylic acids is 1. The Bertz CT molecular complexity index is 724. The van der Waals surface area contributed by atoms with Gasteiger partial charge in [-0.05, 0) is 26.8 Å². The molecule has 23 heavy (non-hydrogen) atoms. The van der Waals surface area contributed by atoms with Gasteiger partial charge in [0.15, 0.2) is 11.5 Å². The van der Waals surface area contributed by atoms with Crippen LogP contribution in [0, 0.1) is 6.92 Å². The zero-order chi connectivity index (χ0) is 16.4. The summed E-state index contributed by atoms with van der Waals surface area (Å²) in [4.78, 5) is 16.6. The second kappa shape index (κ2) is 6.20. The van der Waals surface area contributed by atoms with E-state index in [0.29, 0.717) is 18.0 Å². The molecule has 0 aliphatic carbocycles. The number of ether oxygens (including phenoxy) is 2. The molecule has 0 radical (unpaired) electrons. The van der Waals surface area contributed by atoms with Gasteiger partial charge in [0.1, 0.15) is 17.1 Å². The predicted molar refractivity (Wildman–Crippen MR) is 89.5 cm³/mol. The Morgan fingerprint density at radius 2 is 2.30 bits per heavy atom. The minimum absolute atomic E-state index is 0.116. The number of aromatic nitrogens is 1. The highest BCUT2D eigenvalue weighted by Gasteiger charge is 2.32. The fourth-order valence-electron chi connectivity index (χ4n) is 2.58. The zero-order valence-electron chi connectivity index (χ0n) is 13.5. The molecular weight excluding hydrogens is 312 g/mol. The summed E-state index contributed by atoms with van der Waals surface area (Å²) in [6.07, 6.45) is 2.47. The molecule has 1 amide bonds. The van der Waals surface area contributed by atoms with Crippen LogP contribution in [0.5, 0.6) is 11.5 Å². The van der Waals surface area contributed by atoms with Crippen LogP contribution in [0.25, 0.3) is 0 Å². The Hall–Kier alpha value is -2.08. The summed E-state index contributed by atoms with van der Waals surface area (Å²) in [5.74, 6) is 1.44. The summed E-state index contributed by atoms with van der Waals surface area (Å²) in [5, 5.41) is 3.71. The largest absolute Gasteiger partial charge is 0.488 e. The molecule has 3 rings (SSSR count). The maximum absolute atomic E-state index is 11.9. The lowest BCUT2D eigenvalue weighted by molar-refractivity contribution is 0.0950. The van der Waals surface area contributed by atoms with Crippen molar-refractivity contribution in [1.82, 2.24) is 10.3 Å². The molecule has 0 spiro atoms. The molecule has 1 aromatic heterocycles. The lowest BCUT2D eigenvalue weighted by Crippen LogP contribution is -2.27. The summed E-state index contributed by atoms with van der Waals surface area (Å²) >= 11 is 1.38. The quantitative estimate of drug-likeness (QED) is 0.855. The van der Waals surface area contributed by atoms with Crippen molar-refractivity contribution in [2.24, 2.45) is 0 Å². The van der Waals surface area contributed by atoms with Gasteiger partial charge in [-0.2, -0.15) is 0 Å². The number of nitrogens with one attached hydrogen (secondary N) is 1. The number of thiazole rings is 1. The summed E-state index contributed by atoms with van der Waals surface area (Å²) in [6, 6.07) is 5.93. The molecule has 6 heteroatoms.